The maximum Gasteiger partial charge on any atom is 0.134 e. The molecule has 1 heterocycles. The summed E-state index contributed by atoms with van der Waals surface area (Å²) in [6, 6.07) is 18.1. The third-order valence-electron chi connectivity index (χ3n) is 3.51. The van der Waals surface area contributed by atoms with Crippen molar-refractivity contribution in [2.24, 2.45) is 5.73 Å². The summed E-state index contributed by atoms with van der Waals surface area (Å²) in [5.41, 5.74) is 9.78. The first-order valence-electron chi connectivity index (χ1n) is 6.67. The van der Waals surface area contributed by atoms with Gasteiger partial charge < -0.3 is 10.3 Å². The molecular formula is C17H17N3. The van der Waals surface area contributed by atoms with E-state index in [0.29, 0.717) is 0 Å². The summed E-state index contributed by atoms with van der Waals surface area (Å²) in [5, 5.41) is 0. The Morgan fingerprint density at radius 3 is 2.45 bits per heavy atom. The fourth-order valence-electron chi connectivity index (χ4n) is 2.43. The third-order valence-corrected chi connectivity index (χ3v) is 3.51. The van der Waals surface area contributed by atoms with Crippen molar-refractivity contribution in [1.82, 2.24) is 9.55 Å². The van der Waals surface area contributed by atoms with Crippen LogP contribution < -0.4 is 5.73 Å². The molecule has 1 atom stereocenters. The van der Waals surface area contributed by atoms with E-state index in [2.05, 4.69) is 36.2 Å². The van der Waals surface area contributed by atoms with Crippen molar-refractivity contribution in [2.75, 3.05) is 0 Å². The van der Waals surface area contributed by atoms with Gasteiger partial charge in [0.15, 0.2) is 0 Å². The normalized spacial score (nSPS) is 12.3. The number of hydrogen-bond acceptors (Lipinski definition) is 2. The molecule has 100 valence electrons. The van der Waals surface area contributed by atoms with Crippen molar-refractivity contribution in [2.45, 2.75) is 13.0 Å². The largest absolute Gasteiger partial charge is 0.318 e. The predicted octanol–water partition coefficient (Wildman–Crippen LogP) is 3.23. The first-order chi connectivity index (χ1) is 9.77. The molecule has 2 N–H and O–H groups in total. The minimum atomic E-state index is -0.230. The molecule has 0 aliphatic rings. The number of nitrogens with two attached hydrogens (primary N) is 1. The lowest BCUT2D eigenvalue weighted by molar-refractivity contribution is 0.753. The van der Waals surface area contributed by atoms with E-state index in [1.807, 2.05) is 41.1 Å². The number of aromatic nitrogens is 2. The molecule has 1 aromatic heterocycles. The van der Waals surface area contributed by atoms with Crippen LogP contribution in [0.4, 0.5) is 0 Å². The highest BCUT2D eigenvalue weighted by Gasteiger charge is 2.16. The molecule has 3 nitrogen and oxygen atoms in total. The van der Waals surface area contributed by atoms with Gasteiger partial charge in [0, 0.05) is 18.1 Å². The molecule has 0 saturated carbocycles. The van der Waals surface area contributed by atoms with Crippen LogP contribution in [-0.4, -0.2) is 9.55 Å². The van der Waals surface area contributed by atoms with Gasteiger partial charge in [0.25, 0.3) is 0 Å². The standard InChI is InChI=1S/C17H17N3/c1-13-7-5-6-10-15(13)16(18)17-19-11-12-20(17)14-8-3-2-4-9-14/h2-12,16H,18H2,1H3. The minimum absolute atomic E-state index is 0.230. The second kappa shape index (κ2) is 5.31. The number of nitrogens with zero attached hydrogens (tertiary/aromatic N) is 2. The number of para-hydroxylation sites is 1. The topological polar surface area (TPSA) is 43.8 Å². The van der Waals surface area contributed by atoms with E-state index >= 15 is 0 Å². The molecule has 0 radical (unpaired) electrons. The zero-order chi connectivity index (χ0) is 13.9. The molecule has 0 fully saturated rings. The van der Waals surface area contributed by atoms with Gasteiger partial charge in [-0.1, -0.05) is 42.5 Å². The number of hydrogen-bond donors (Lipinski definition) is 1. The van der Waals surface area contributed by atoms with E-state index in [4.69, 9.17) is 5.73 Å². The quantitative estimate of drug-likeness (QED) is 0.788. The summed E-state index contributed by atoms with van der Waals surface area (Å²) in [6.45, 7) is 2.07. The molecule has 0 aliphatic heterocycles. The van der Waals surface area contributed by atoms with Crippen molar-refractivity contribution in [3.8, 4) is 5.69 Å². The zero-order valence-electron chi connectivity index (χ0n) is 11.4. The summed E-state index contributed by atoms with van der Waals surface area (Å²) < 4.78 is 2.04. The van der Waals surface area contributed by atoms with Gasteiger partial charge in [0.05, 0.1) is 6.04 Å². The van der Waals surface area contributed by atoms with Crippen LogP contribution >= 0.6 is 0 Å². The second-order valence-electron chi connectivity index (χ2n) is 4.83. The van der Waals surface area contributed by atoms with Crippen LogP contribution in [0.2, 0.25) is 0 Å². The van der Waals surface area contributed by atoms with Gasteiger partial charge in [-0.05, 0) is 30.2 Å². The number of benzene rings is 2. The Morgan fingerprint density at radius 2 is 1.70 bits per heavy atom. The molecule has 3 aromatic rings. The van der Waals surface area contributed by atoms with Gasteiger partial charge in [0.1, 0.15) is 5.82 Å². The molecule has 0 bridgehead atoms. The van der Waals surface area contributed by atoms with Gasteiger partial charge in [-0.25, -0.2) is 4.98 Å². The lowest BCUT2D eigenvalue weighted by Gasteiger charge is -2.16. The monoisotopic (exact) mass is 263 g/mol. The number of aryl methyl sites for hydroxylation is 1. The molecule has 0 amide bonds. The van der Waals surface area contributed by atoms with Gasteiger partial charge in [0.2, 0.25) is 0 Å². The van der Waals surface area contributed by atoms with E-state index < -0.39 is 0 Å². The summed E-state index contributed by atoms with van der Waals surface area (Å²) in [7, 11) is 0. The Balaban J connectivity index is 2.04. The Labute approximate surface area is 118 Å². The van der Waals surface area contributed by atoms with Gasteiger partial charge in [-0.3, -0.25) is 0 Å². The van der Waals surface area contributed by atoms with Crippen molar-refractivity contribution >= 4 is 0 Å². The smallest absolute Gasteiger partial charge is 0.134 e. The van der Waals surface area contributed by atoms with Crippen LogP contribution in [0.25, 0.3) is 5.69 Å². The fraction of sp³-hybridized carbons (Fsp3) is 0.118. The van der Waals surface area contributed by atoms with Gasteiger partial charge >= 0.3 is 0 Å². The van der Waals surface area contributed by atoms with E-state index in [1.165, 1.54) is 5.56 Å². The van der Waals surface area contributed by atoms with E-state index in [1.54, 1.807) is 6.20 Å². The van der Waals surface area contributed by atoms with Crippen LogP contribution in [0.1, 0.15) is 23.0 Å². The Morgan fingerprint density at radius 1 is 1.00 bits per heavy atom. The van der Waals surface area contributed by atoms with E-state index in [0.717, 1.165) is 17.1 Å². The van der Waals surface area contributed by atoms with Crippen molar-refractivity contribution in [3.05, 3.63) is 83.9 Å². The third kappa shape index (κ3) is 2.24. The highest BCUT2D eigenvalue weighted by molar-refractivity contribution is 5.37. The van der Waals surface area contributed by atoms with Crippen LogP contribution in [-0.2, 0) is 0 Å². The maximum absolute atomic E-state index is 6.42. The minimum Gasteiger partial charge on any atom is -0.318 e. The molecule has 0 aliphatic carbocycles. The Bertz CT molecular complexity index is 701. The summed E-state index contributed by atoms with van der Waals surface area (Å²) >= 11 is 0. The fourth-order valence-corrected chi connectivity index (χ4v) is 2.43. The van der Waals surface area contributed by atoms with Crippen molar-refractivity contribution in [1.29, 1.82) is 0 Å². The molecule has 20 heavy (non-hydrogen) atoms. The highest BCUT2D eigenvalue weighted by Crippen LogP contribution is 2.23. The van der Waals surface area contributed by atoms with Crippen molar-refractivity contribution in [3.63, 3.8) is 0 Å². The predicted molar refractivity (Wildman–Crippen MR) is 80.8 cm³/mol. The molecule has 1 unspecified atom stereocenters. The van der Waals surface area contributed by atoms with Crippen LogP contribution in [0, 0.1) is 6.92 Å². The van der Waals surface area contributed by atoms with Gasteiger partial charge in [-0.2, -0.15) is 0 Å². The lowest BCUT2D eigenvalue weighted by atomic mass is 10.0. The zero-order valence-corrected chi connectivity index (χ0v) is 11.4. The first-order valence-corrected chi connectivity index (χ1v) is 6.67. The maximum atomic E-state index is 6.42. The number of rotatable bonds is 3. The van der Waals surface area contributed by atoms with Crippen LogP contribution in [0.15, 0.2) is 67.0 Å². The highest BCUT2D eigenvalue weighted by atomic mass is 15.1. The average Bonchev–Trinajstić information content (AvgIpc) is 2.97. The van der Waals surface area contributed by atoms with Crippen LogP contribution in [0.5, 0.6) is 0 Å². The average molecular weight is 263 g/mol. The summed E-state index contributed by atoms with van der Waals surface area (Å²) in [5.74, 6) is 0.852. The van der Waals surface area contributed by atoms with Crippen molar-refractivity contribution < 1.29 is 0 Å². The molecule has 2 aromatic carbocycles. The number of imidazole rings is 1. The molecule has 0 saturated heterocycles. The second-order valence-corrected chi connectivity index (χ2v) is 4.83. The molecule has 3 rings (SSSR count). The summed E-state index contributed by atoms with van der Waals surface area (Å²) in [6.07, 6.45) is 3.74. The van der Waals surface area contributed by atoms with E-state index in [9.17, 15) is 0 Å². The first kappa shape index (κ1) is 12.6. The van der Waals surface area contributed by atoms with Crippen LogP contribution in [0.3, 0.4) is 0 Å². The van der Waals surface area contributed by atoms with E-state index in [-0.39, 0.29) is 6.04 Å². The Hall–Kier alpha value is -2.39. The van der Waals surface area contributed by atoms with Gasteiger partial charge in [-0.15, -0.1) is 0 Å². The molecular weight excluding hydrogens is 246 g/mol. The Kier molecular flexibility index (Phi) is 3.35. The summed E-state index contributed by atoms with van der Waals surface area (Å²) in [4.78, 5) is 4.45. The molecule has 0 spiro atoms. The SMILES string of the molecule is Cc1ccccc1C(N)c1nccn1-c1ccccc1. The molecule has 3 heteroatoms. The lowest BCUT2D eigenvalue weighted by Crippen LogP contribution is -2.18.